The van der Waals surface area contributed by atoms with Gasteiger partial charge in [-0.25, -0.2) is 9.07 Å². The number of hydrogen-bond donors (Lipinski definition) is 1. The summed E-state index contributed by atoms with van der Waals surface area (Å²) in [5.74, 6) is -0.136. The molecule has 1 heterocycles. The highest BCUT2D eigenvalue weighted by atomic mass is 19.1. The number of amides is 1. The molecule has 1 N–H and O–H groups in total. The van der Waals surface area contributed by atoms with Gasteiger partial charge in [-0.3, -0.25) is 9.59 Å². The van der Waals surface area contributed by atoms with Crippen LogP contribution < -0.4 is 15.6 Å². The third-order valence-corrected chi connectivity index (χ3v) is 5.35. The molecule has 1 amide bonds. The number of methoxy groups -OCH3 is 1. The number of nitrogens with one attached hydrogen (secondary N) is 1. The van der Waals surface area contributed by atoms with Gasteiger partial charge in [-0.15, -0.1) is 0 Å². The molecule has 1 aromatic heterocycles. The molecule has 4 aromatic rings. The van der Waals surface area contributed by atoms with E-state index in [-0.39, 0.29) is 12.1 Å². The first kappa shape index (κ1) is 22.9. The van der Waals surface area contributed by atoms with E-state index in [0.717, 1.165) is 16.7 Å². The molecule has 7 heteroatoms. The third-order valence-electron chi connectivity index (χ3n) is 5.35. The monoisotopic (exact) mass is 457 g/mol. The van der Waals surface area contributed by atoms with Crippen LogP contribution in [0.2, 0.25) is 0 Å². The van der Waals surface area contributed by atoms with Crippen molar-refractivity contribution < 1.29 is 13.9 Å². The van der Waals surface area contributed by atoms with Gasteiger partial charge in [0.1, 0.15) is 18.1 Å². The Bertz CT molecular complexity index is 1360. The van der Waals surface area contributed by atoms with Gasteiger partial charge in [0, 0.05) is 23.2 Å². The number of benzene rings is 3. The number of aromatic nitrogens is 2. The van der Waals surface area contributed by atoms with Crippen molar-refractivity contribution >= 4 is 11.6 Å². The van der Waals surface area contributed by atoms with E-state index >= 15 is 0 Å². The molecular formula is C27H24FN3O3. The first-order valence-electron chi connectivity index (χ1n) is 10.8. The number of rotatable bonds is 7. The van der Waals surface area contributed by atoms with Crippen LogP contribution in [0.5, 0.6) is 5.75 Å². The molecule has 0 bridgehead atoms. The van der Waals surface area contributed by atoms with Crippen molar-refractivity contribution in [3.05, 3.63) is 112 Å². The fourth-order valence-corrected chi connectivity index (χ4v) is 3.57. The van der Waals surface area contributed by atoms with Crippen molar-refractivity contribution in [3.63, 3.8) is 0 Å². The molecule has 4 rings (SSSR count). The number of halogens is 1. The molecule has 172 valence electrons. The second kappa shape index (κ2) is 10.1. The summed E-state index contributed by atoms with van der Waals surface area (Å²) in [6.07, 6.45) is 0.358. The van der Waals surface area contributed by atoms with E-state index < -0.39 is 11.7 Å². The minimum Gasteiger partial charge on any atom is -0.497 e. The highest BCUT2D eigenvalue weighted by Gasteiger charge is 2.14. The average molecular weight is 458 g/mol. The molecule has 6 nitrogen and oxygen atoms in total. The van der Waals surface area contributed by atoms with Crippen LogP contribution in [0.4, 0.5) is 10.1 Å². The summed E-state index contributed by atoms with van der Waals surface area (Å²) in [4.78, 5) is 25.9. The Morgan fingerprint density at radius 2 is 1.76 bits per heavy atom. The van der Waals surface area contributed by atoms with Crippen LogP contribution in [0, 0.1) is 12.7 Å². The van der Waals surface area contributed by atoms with E-state index in [1.165, 1.54) is 28.9 Å². The van der Waals surface area contributed by atoms with Crippen LogP contribution in [-0.2, 0) is 17.8 Å². The van der Waals surface area contributed by atoms with Crippen LogP contribution in [0.1, 0.15) is 16.7 Å². The maximum absolute atomic E-state index is 13.2. The molecule has 0 aliphatic rings. The predicted molar refractivity (Wildman–Crippen MR) is 129 cm³/mol. The lowest BCUT2D eigenvalue weighted by Crippen LogP contribution is -2.32. The molecule has 34 heavy (non-hydrogen) atoms. The van der Waals surface area contributed by atoms with Crippen LogP contribution in [0.15, 0.2) is 83.7 Å². The van der Waals surface area contributed by atoms with Gasteiger partial charge in [-0.1, -0.05) is 42.0 Å². The van der Waals surface area contributed by atoms with Crippen molar-refractivity contribution in [2.45, 2.75) is 19.9 Å². The van der Waals surface area contributed by atoms with Crippen molar-refractivity contribution in [1.82, 2.24) is 9.78 Å². The molecular weight excluding hydrogens is 433 g/mol. The second-order valence-corrected chi connectivity index (χ2v) is 7.97. The van der Waals surface area contributed by atoms with Crippen LogP contribution in [0.3, 0.4) is 0 Å². The van der Waals surface area contributed by atoms with E-state index in [2.05, 4.69) is 10.4 Å². The van der Waals surface area contributed by atoms with Gasteiger partial charge in [0.15, 0.2) is 0 Å². The first-order valence-corrected chi connectivity index (χ1v) is 10.8. The van der Waals surface area contributed by atoms with Crippen LogP contribution in [0.25, 0.3) is 11.3 Å². The summed E-state index contributed by atoms with van der Waals surface area (Å²) < 4.78 is 19.6. The first-order chi connectivity index (χ1) is 16.4. The molecule has 0 aliphatic heterocycles. The van der Waals surface area contributed by atoms with E-state index in [1.807, 2.05) is 55.5 Å². The van der Waals surface area contributed by atoms with E-state index in [0.29, 0.717) is 29.1 Å². The molecule has 0 saturated carbocycles. The van der Waals surface area contributed by atoms with E-state index in [4.69, 9.17) is 4.74 Å². The second-order valence-electron chi connectivity index (χ2n) is 7.97. The molecule has 3 aromatic carbocycles. The highest BCUT2D eigenvalue weighted by Crippen LogP contribution is 2.20. The molecule has 0 fully saturated rings. The smallest absolute Gasteiger partial charge is 0.270 e. The molecule has 0 unspecified atom stereocenters. The zero-order chi connectivity index (χ0) is 24.1. The third kappa shape index (κ3) is 5.56. The fraction of sp³-hybridized carbons (Fsp3) is 0.148. The number of carbonyl (C=O) groups excluding carboxylic acids is 1. The predicted octanol–water partition coefficient (Wildman–Crippen LogP) is 4.60. The standard InChI is InChI=1S/C27H24FN3O3/c1-18-6-8-20(9-7-18)25-16-21(14-19-4-3-5-24(15-19)34-2)27(33)31(30-25)17-26(32)29-23-12-10-22(28)11-13-23/h3-13,15-16H,14,17H2,1-2H3,(H,29,32). The Labute approximate surface area is 196 Å². The van der Waals surface area contributed by atoms with Gasteiger partial charge in [0.25, 0.3) is 5.56 Å². The van der Waals surface area contributed by atoms with Gasteiger partial charge < -0.3 is 10.1 Å². The lowest BCUT2D eigenvalue weighted by atomic mass is 10.0. The fourth-order valence-electron chi connectivity index (χ4n) is 3.57. The Morgan fingerprint density at radius 3 is 2.47 bits per heavy atom. The molecule has 0 saturated heterocycles. The largest absolute Gasteiger partial charge is 0.497 e. The minimum absolute atomic E-state index is 0.277. The number of carbonyl (C=O) groups is 1. The summed E-state index contributed by atoms with van der Waals surface area (Å²) in [7, 11) is 1.59. The van der Waals surface area contributed by atoms with Gasteiger partial charge >= 0.3 is 0 Å². The number of aryl methyl sites for hydroxylation is 1. The van der Waals surface area contributed by atoms with Gasteiger partial charge in [0.05, 0.1) is 12.8 Å². The highest BCUT2D eigenvalue weighted by molar-refractivity contribution is 5.90. The Balaban J connectivity index is 1.68. The van der Waals surface area contributed by atoms with Crippen molar-refractivity contribution in [2.24, 2.45) is 0 Å². The SMILES string of the molecule is COc1cccc(Cc2cc(-c3ccc(C)cc3)nn(CC(=O)Nc3ccc(F)cc3)c2=O)c1. The molecule has 0 atom stereocenters. The summed E-state index contributed by atoms with van der Waals surface area (Å²) in [5, 5.41) is 7.14. The average Bonchev–Trinajstić information content (AvgIpc) is 2.83. The van der Waals surface area contributed by atoms with Crippen LogP contribution >= 0.6 is 0 Å². The number of hydrogen-bond acceptors (Lipinski definition) is 4. The number of ether oxygens (including phenoxy) is 1. The van der Waals surface area contributed by atoms with Gasteiger partial charge in [-0.05, 0) is 55.0 Å². The summed E-state index contributed by atoms with van der Waals surface area (Å²) in [6.45, 7) is 1.72. The maximum Gasteiger partial charge on any atom is 0.270 e. The Hall–Kier alpha value is -4.26. The summed E-state index contributed by atoms with van der Waals surface area (Å²) >= 11 is 0. The van der Waals surface area contributed by atoms with Gasteiger partial charge in [0.2, 0.25) is 5.91 Å². The number of nitrogens with zero attached hydrogens (tertiary/aromatic N) is 2. The zero-order valence-corrected chi connectivity index (χ0v) is 18.9. The van der Waals surface area contributed by atoms with Gasteiger partial charge in [-0.2, -0.15) is 5.10 Å². The van der Waals surface area contributed by atoms with E-state index in [9.17, 15) is 14.0 Å². The van der Waals surface area contributed by atoms with Crippen molar-refractivity contribution in [1.29, 1.82) is 0 Å². The zero-order valence-electron chi connectivity index (χ0n) is 18.9. The molecule has 0 radical (unpaired) electrons. The molecule has 0 spiro atoms. The Morgan fingerprint density at radius 1 is 1.03 bits per heavy atom. The lowest BCUT2D eigenvalue weighted by Gasteiger charge is -2.12. The van der Waals surface area contributed by atoms with Crippen molar-refractivity contribution in [3.8, 4) is 17.0 Å². The maximum atomic E-state index is 13.2. The van der Waals surface area contributed by atoms with E-state index in [1.54, 1.807) is 13.2 Å². The normalized spacial score (nSPS) is 10.7. The summed E-state index contributed by atoms with van der Waals surface area (Å²) in [6, 6.07) is 22.5. The Kier molecular flexibility index (Phi) is 6.82. The summed E-state index contributed by atoms with van der Waals surface area (Å²) in [5.41, 5.74) is 4.02. The molecule has 0 aliphatic carbocycles. The van der Waals surface area contributed by atoms with Crippen molar-refractivity contribution in [2.75, 3.05) is 12.4 Å². The lowest BCUT2D eigenvalue weighted by molar-refractivity contribution is -0.117. The topological polar surface area (TPSA) is 73.2 Å². The minimum atomic E-state index is -0.436. The quantitative estimate of drug-likeness (QED) is 0.440. The van der Waals surface area contributed by atoms with Crippen LogP contribution in [-0.4, -0.2) is 22.8 Å². The number of anilines is 1.